The van der Waals surface area contributed by atoms with Gasteiger partial charge in [0.15, 0.2) is 14.1 Å². The van der Waals surface area contributed by atoms with Gasteiger partial charge in [0, 0.05) is 24.1 Å². The molecule has 2 rings (SSSR count). The molecule has 0 aliphatic heterocycles. The van der Waals surface area contributed by atoms with Gasteiger partial charge in [-0.25, -0.2) is 0 Å². The Labute approximate surface area is 154 Å². The molecule has 0 spiro atoms. The maximum Gasteiger partial charge on any atom is 0.416 e. The second kappa shape index (κ2) is 7.09. The number of carbonyl (C=O) groups excluding carboxylic acids is 1. The van der Waals surface area contributed by atoms with Crippen molar-refractivity contribution < 1.29 is 22.4 Å². The van der Waals surface area contributed by atoms with Crippen LogP contribution in [0.3, 0.4) is 0 Å². The van der Waals surface area contributed by atoms with E-state index in [2.05, 4.69) is 33.9 Å². The molecule has 1 fully saturated rings. The summed E-state index contributed by atoms with van der Waals surface area (Å²) in [5.74, 6) is -0.551. The van der Waals surface area contributed by atoms with Crippen molar-refractivity contribution in [2.24, 2.45) is 11.7 Å². The van der Waals surface area contributed by atoms with Gasteiger partial charge in [-0.3, -0.25) is 4.79 Å². The van der Waals surface area contributed by atoms with E-state index < -0.39 is 20.1 Å². The Balaban J connectivity index is 2.10. The smallest absolute Gasteiger partial charge is 0.414 e. The number of alkyl halides is 3. The van der Waals surface area contributed by atoms with Crippen LogP contribution in [0.4, 0.5) is 13.2 Å². The quantitative estimate of drug-likeness (QED) is 0.562. The van der Waals surface area contributed by atoms with E-state index in [-0.39, 0.29) is 35.0 Å². The van der Waals surface area contributed by atoms with Crippen LogP contribution in [0.15, 0.2) is 18.2 Å². The highest BCUT2D eigenvalue weighted by Gasteiger charge is 2.44. The average molecular weight is 388 g/mol. The molecule has 0 radical (unpaired) electrons. The fourth-order valence-corrected chi connectivity index (χ4v) is 4.23. The molecular weight excluding hydrogens is 359 g/mol. The van der Waals surface area contributed by atoms with Gasteiger partial charge in [-0.2, -0.15) is 13.2 Å². The number of Topliss-reactive ketones (excluding diaryl/α,β-unsaturated/α-hetero) is 1. The third-order valence-corrected chi connectivity index (χ3v) is 10.2. The van der Waals surface area contributed by atoms with E-state index in [1.165, 1.54) is 6.07 Å². The maximum absolute atomic E-state index is 13.0. The molecule has 0 heterocycles. The molecule has 0 unspecified atom stereocenters. The number of hydrogen-bond donors (Lipinski definition) is 1. The lowest BCUT2D eigenvalue weighted by Gasteiger charge is -2.44. The number of ketones is 1. The van der Waals surface area contributed by atoms with Gasteiger partial charge < -0.3 is 10.2 Å². The topological polar surface area (TPSA) is 52.3 Å². The van der Waals surface area contributed by atoms with Crippen LogP contribution in [0.1, 0.15) is 55.1 Å². The average Bonchev–Trinajstić information content (AvgIpc) is 2.47. The Morgan fingerprint density at radius 2 is 1.81 bits per heavy atom. The van der Waals surface area contributed by atoms with E-state index in [4.69, 9.17) is 10.2 Å². The first-order valence-electron chi connectivity index (χ1n) is 8.88. The number of rotatable bonds is 5. The van der Waals surface area contributed by atoms with Crippen LogP contribution in [-0.4, -0.2) is 20.2 Å². The molecule has 26 heavy (non-hydrogen) atoms. The van der Waals surface area contributed by atoms with Crippen LogP contribution in [0.5, 0.6) is 0 Å². The summed E-state index contributed by atoms with van der Waals surface area (Å²) in [5, 5.41) is 0.0792. The fraction of sp³-hybridized carbons (Fsp3) is 0.632. The van der Waals surface area contributed by atoms with Crippen molar-refractivity contribution >= 4 is 14.1 Å². The Morgan fingerprint density at radius 1 is 1.23 bits per heavy atom. The van der Waals surface area contributed by atoms with Crippen molar-refractivity contribution in [3.8, 4) is 0 Å². The lowest BCUT2D eigenvalue weighted by atomic mass is 9.76. The van der Waals surface area contributed by atoms with Gasteiger partial charge in [-0.1, -0.05) is 26.8 Å². The minimum Gasteiger partial charge on any atom is -0.414 e. The lowest BCUT2D eigenvalue weighted by molar-refractivity contribution is -0.137. The molecule has 1 aliphatic carbocycles. The SMILES string of the molecule is CC(C)(C)[Si](C)(C)OC1CC(C(=O)c2cc(C(F)(F)F)ccc2CN)C1. The summed E-state index contributed by atoms with van der Waals surface area (Å²) in [6, 6.07) is 3.22. The van der Waals surface area contributed by atoms with Crippen molar-refractivity contribution in [1.82, 2.24) is 0 Å². The van der Waals surface area contributed by atoms with Crippen molar-refractivity contribution in [3.05, 3.63) is 34.9 Å². The van der Waals surface area contributed by atoms with Crippen molar-refractivity contribution in [3.63, 3.8) is 0 Å². The van der Waals surface area contributed by atoms with Crippen LogP contribution in [-0.2, 0) is 17.1 Å². The van der Waals surface area contributed by atoms with Crippen LogP contribution >= 0.6 is 0 Å². The summed E-state index contributed by atoms with van der Waals surface area (Å²) in [5.41, 5.74) is 5.35. The Morgan fingerprint density at radius 3 is 2.27 bits per heavy atom. The van der Waals surface area contributed by atoms with Gasteiger partial charge in [0.2, 0.25) is 0 Å². The third-order valence-electron chi connectivity index (χ3n) is 5.66. The Hall–Kier alpha value is -1.18. The predicted molar refractivity (Wildman–Crippen MR) is 98.5 cm³/mol. The molecule has 1 aliphatic rings. The Bertz CT molecular complexity index is 674. The number of halogens is 3. The molecule has 7 heteroatoms. The fourth-order valence-electron chi connectivity index (χ4n) is 2.85. The van der Waals surface area contributed by atoms with E-state index >= 15 is 0 Å². The van der Waals surface area contributed by atoms with Crippen LogP contribution in [0.2, 0.25) is 18.1 Å². The van der Waals surface area contributed by atoms with Gasteiger partial charge in [0.25, 0.3) is 0 Å². The molecule has 146 valence electrons. The van der Waals surface area contributed by atoms with Gasteiger partial charge in [0.1, 0.15) is 0 Å². The molecule has 1 aromatic rings. The third kappa shape index (κ3) is 4.38. The van der Waals surface area contributed by atoms with Crippen LogP contribution in [0.25, 0.3) is 0 Å². The first-order chi connectivity index (χ1) is 11.8. The number of nitrogens with two attached hydrogens (primary N) is 1. The summed E-state index contributed by atoms with van der Waals surface area (Å²) in [7, 11) is -1.91. The Kier molecular flexibility index (Phi) is 5.76. The maximum atomic E-state index is 13.0. The second-order valence-electron chi connectivity index (χ2n) is 8.61. The second-order valence-corrected chi connectivity index (χ2v) is 13.4. The van der Waals surface area contributed by atoms with Crippen molar-refractivity contribution in [2.75, 3.05) is 0 Å². The zero-order chi connectivity index (χ0) is 19.9. The zero-order valence-electron chi connectivity index (χ0n) is 16.0. The molecule has 0 aromatic heterocycles. The van der Waals surface area contributed by atoms with Gasteiger partial charge in [-0.05, 0) is 48.7 Å². The minimum absolute atomic E-state index is 0.0111. The molecule has 1 saturated carbocycles. The number of carbonyl (C=O) groups is 1. The van der Waals surface area contributed by atoms with Crippen LogP contribution < -0.4 is 5.73 Å². The van der Waals surface area contributed by atoms with Crippen molar-refractivity contribution in [2.45, 2.75) is 70.6 Å². The van der Waals surface area contributed by atoms with Crippen molar-refractivity contribution in [1.29, 1.82) is 0 Å². The summed E-state index contributed by atoms with van der Waals surface area (Å²) >= 11 is 0. The predicted octanol–water partition coefficient (Wildman–Crippen LogP) is 5.15. The largest absolute Gasteiger partial charge is 0.416 e. The molecule has 0 bridgehead atoms. The highest BCUT2D eigenvalue weighted by atomic mass is 28.4. The highest BCUT2D eigenvalue weighted by Crippen LogP contribution is 2.42. The van der Waals surface area contributed by atoms with E-state index in [9.17, 15) is 18.0 Å². The molecule has 0 amide bonds. The lowest BCUT2D eigenvalue weighted by Crippen LogP contribution is -2.48. The molecule has 2 N–H and O–H groups in total. The molecule has 0 atom stereocenters. The van der Waals surface area contributed by atoms with E-state index in [1.54, 1.807) is 0 Å². The zero-order valence-corrected chi connectivity index (χ0v) is 17.0. The number of hydrogen-bond acceptors (Lipinski definition) is 3. The summed E-state index contributed by atoms with van der Waals surface area (Å²) in [4.78, 5) is 12.7. The summed E-state index contributed by atoms with van der Waals surface area (Å²) in [6.07, 6.45) is -3.34. The summed E-state index contributed by atoms with van der Waals surface area (Å²) < 4.78 is 45.2. The van der Waals surface area contributed by atoms with E-state index in [0.717, 1.165) is 12.1 Å². The van der Waals surface area contributed by atoms with Gasteiger partial charge >= 0.3 is 6.18 Å². The highest BCUT2D eigenvalue weighted by molar-refractivity contribution is 6.74. The molecular formula is C19H28F3NO2Si. The molecule has 0 saturated heterocycles. The first-order valence-corrected chi connectivity index (χ1v) is 11.8. The molecule has 1 aromatic carbocycles. The monoisotopic (exact) mass is 387 g/mol. The summed E-state index contributed by atoms with van der Waals surface area (Å²) in [6.45, 7) is 10.8. The normalized spacial score (nSPS) is 21.4. The number of benzene rings is 1. The van der Waals surface area contributed by atoms with Gasteiger partial charge in [0.05, 0.1) is 5.56 Å². The van der Waals surface area contributed by atoms with Crippen LogP contribution in [0, 0.1) is 5.92 Å². The first kappa shape index (κ1) is 21.1. The van der Waals surface area contributed by atoms with E-state index in [0.29, 0.717) is 18.4 Å². The standard InChI is InChI=1S/C19H28F3NO2Si/c1-18(2,3)26(4,5)25-15-8-13(9-15)17(24)16-10-14(19(20,21)22)7-6-12(16)11-23/h6-7,10,13,15H,8-9,11,23H2,1-5H3. The minimum atomic E-state index is -4.48. The molecule has 3 nitrogen and oxygen atoms in total. The van der Waals surface area contributed by atoms with E-state index in [1.807, 2.05) is 0 Å². The van der Waals surface area contributed by atoms with Gasteiger partial charge in [-0.15, -0.1) is 0 Å².